The lowest BCUT2D eigenvalue weighted by Gasteiger charge is -2.24. The van der Waals surface area contributed by atoms with Crippen molar-refractivity contribution in [3.8, 4) is 34.2 Å². The second kappa shape index (κ2) is 16.8. The third-order valence-electron chi connectivity index (χ3n) is 9.16. The van der Waals surface area contributed by atoms with Gasteiger partial charge in [-0.2, -0.15) is 10.4 Å². The summed E-state index contributed by atoms with van der Waals surface area (Å²) < 4.78 is 7.24. The number of fused-ring (bicyclic) bond motifs is 1. The van der Waals surface area contributed by atoms with Crippen molar-refractivity contribution in [2.45, 2.75) is 52.0 Å². The summed E-state index contributed by atoms with van der Waals surface area (Å²) in [5, 5.41) is 26.5. The molecule has 1 aliphatic heterocycles. The second-order valence-electron chi connectivity index (χ2n) is 13.1. The van der Waals surface area contributed by atoms with Crippen molar-refractivity contribution >= 4 is 56.3 Å². The molecule has 0 radical (unpaired) electrons. The summed E-state index contributed by atoms with van der Waals surface area (Å²) in [6.07, 6.45) is 6.77. The highest BCUT2D eigenvalue weighted by Crippen LogP contribution is 2.39. The van der Waals surface area contributed by atoms with Crippen molar-refractivity contribution < 1.29 is 14.6 Å². The molecule has 7 rings (SSSR count). The lowest BCUT2D eigenvalue weighted by molar-refractivity contribution is -0.132. The summed E-state index contributed by atoms with van der Waals surface area (Å²) >= 11 is 3.32. The Kier molecular flexibility index (Phi) is 11.3. The number of unbranched alkanes of at least 4 members (excludes halogenated alkanes) is 3. The molecule has 0 saturated heterocycles. The van der Waals surface area contributed by atoms with Crippen molar-refractivity contribution in [3.63, 3.8) is 0 Å². The Hall–Kier alpha value is -6.00. The third kappa shape index (κ3) is 8.61. The lowest BCUT2D eigenvalue weighted by Crippen LogP contribution is -2.18. The average Bonchev–Trinajstić information content (AvgIpc) is 3.96. The molecule has 0 saturated carbocycles. The van der Waals surface area contributed by atoms with Crippen molar-refractivity contribution in [3.05, 3.63) is 141 Å². The molecule has 0 fully saturated rings. The van der Waals surface area contributed by atoms with E-state index in [-0.39, 0.29) is 11.6 Å². The molecular weight excluding hydrogens is 709 g/mol. The van der Waals surface area contributed by atoms with E-state index < -0.39 is 5.97 Å². The molecule has 0 bridgehead atoms. The number of thiazole rings is 1. The van der Waals surface area contributed by atoms with Gasteiger partial charge in [0.05, 0.1) is 44.0 Å². The molecular formula is C45H38N4O3S2. The molecule has 54 heavy (non-hydrogen) atoms. The molecule has 9 heteroatoms. The zero-order chi connectivity index (χ0) is 37.4. The summed E-state index contributed by atoms with van der Waals surface area (Å²) in [6, 6.07) is 36.3. The van der Waals surface area contributed by atoms with Crippen molar-refractivity contribution in [2.24, 2.45) is 5.10 Å². The van der Waals surface area contributed by atoms with Crippen LogP contribution in [0, 0.1) is 30.1 Å². The first-order valence-corrected chi connectivity index (χ1v) is 19.6. The molecule has 4 aromatic carbocycles. The van der Waals surface area contributed by atoms with Gasteiger partial charge in [-0.1, -0.05) is 68.4 Å². The van der Waals surface area contributed by atoms with Crippen LogP contribution in [0.4, 0.5) is 5.69 Å². The number of aromatic nitrogens is 1. The zero-order valence-electron chi connectivity index (χ0n) is 30.1. The van der Waals surface area contributed by atoms with Gasteiger partial charge < -0.3 is 9.84 Å². The maximum atomic E-state index is 11.2. The largest absolute Gasteiger partial charge is 0.494 e. The highest BCUT2D eigenvalue weighted by molar-refractivity contribution is 7.21. The number of carboxylic acids is 1. The maximum Gasteiger partial charge on any atom is 0.346 e. The number of rotatable bonds is 12. The van der Waals surface area contributed by atoms with E-state index in [2.05, 4.69) is 103 Å². The van der Waals surface area contributed by atoms with Crippen molar-refractivity contribution in [1.82, 2.24) is 4.98 Å². The fourth-order valence-electron chi connectivity index (χ4n) is 6.24. The normalized spacial score (nSPS) is 14.0. The Morgan fingerprint density at radius 2 is 1.74 bits per heavy atom. The van der Waals surface area contributed by atoms with Crippen LogP contribution in [0.5, 0.6) is 5.75 Å². The van der Waals surface area contributed by atoms with Crippen LogP contribution in [0.25, 0.3) is 26.9 Å². The van der Waals surface area contributed by atoms with E-state index >= 15 is 0 Å². The Labute approximate surface area is 323 Å². The first kappa shape index (κ1) is 36.4. The number of hydrogen-bond donors (Lipinski definition) is 1. The van der Waals surface area contributed by atoms with Gasteiger partial charge in [0.25, 0.3) is 0 Å². The highest BCUT2D eigenvalue weighted by Gasteiger charge is 2.31. The van der Waals surface area contributed by atoms with Gasteiger partial charge in [0.15, 0.2) is 0 Å². The van der Waals surface area contributed by atoms with Gasteiger partial charge in [0.1, 0.15) is 22.4 Å². The molecule has 1 N–H and O–H groups in total. The molecule has 1 aliphatic rings. The number of aliphatic carboxylic acids is 1. The number of nitriles is 1. The van der Waals surface area contributed by atoms with Crippen LogP contribution in [0.15, 0.2) is 114 Å². The number of carboxylic acid groups (broad SMARTS) is 1. The van der Waals surface area contributed by atoms with E-state index in [1.54, 1.807) is 40.9 Å². The number of nitrogens with zero attached hydrogens (tertiary/aromatic N) is 4. The number of aryl methyl sites for hydroxylation is 1. The molecule has 1 atom stereocenters. The first-order chi connectivity index (χ1) is 26.4. The van der Waals surface area contributed by atoms with Crippen LogP contribution in [0.2, 0.25) is 0 Å². The van der Waals surface area contributed by atoms with Gasteiger partial charge in [-0.3, -0.25) is 5.01 Å². The first-order valence-electron chi connectivity index (χ1n) is 18.0. The molecule has 7 nitrogen and oxygen atoms in total. The topological polar surface area (TPSA) is 98.8 Å². The Morgan fingerprint density at radius 3 is 2.48 bits per heavy atom. The minimum Gasteiger partial charge on any atom is -0.494 e. The average molecular weight is 747 g/mol. The molecule has 268 valence electrons. The van der Waals surface area contributed by atoms with Gasteiger partial charge in [0.2, 0.25) is 0 Å². The fraction of sp³-hybridized carbons (Fsp3) is 0.200. The summed E-state index contributed by atoms with van der Waals surface area (Å²) in [4.78, 5) is 18.1. The standard InChI is InChI=1S/C45H38N4O3S2/c1-3-4-5-6-25-52-37-19-15-33(16-20-37)41-28-40(42-24-22-38(53-42)21-12-31-8-10-32(11-9-31)27-35(29-46)45(50)51)48-49(41)36-17-13-34(14-18-36)44-47-39-23-7-30(2)26-43(39)54-44/h7-11,13-20,22-24,26-27,41H,3-6,25,28H2,1-2H3,(H,50,51). The van der Waals surface area contributed by atoms with Crippen LogP contribution in [-0.4, -0.2) is 28.4 Å². The number of anilines is 1. The number of hydrogen-bond acceptors (Lipinski definition) is 8. The SMILES string of the molecule is CCCCCCOc1ccc(C2CC(c3ccc(C#Cc4ccc(C=C(C#N)C(=O)O)cc4)s3)=NN2c2ccc(-c3nc4ccc(C)cc4s3)cc2)cc1. The third-order valence-corrected chi connectivity index (χ3v) is 11.3. The summed E-state index contributed by atoms with van der Waals surface area (Å²) in [5.41, 5.74) is 7.61. The predicted octanol–water partition coefficient (Wildman–Crippen LogP) is 11.0. The van der Waals surface area contributed by atoms with Gasteiger partial charge in [0, 0.05) is 17.5 Å². The number of hydrazone groups is 1. The van der Waals surface area contributed by atoms with Gasteiger partial charge >= 0.3 is 5.97 Å². The molecule has 0 amide bonds. The Morgan fingerprint density at radius 1 is 0.944 bits per heavy atom. The van der Waals surface area contributed by atoms with Crippen LogP contribution in [0.3, 0.4) is 0 Å². The van der Waals surface area contributed by atoms with E-state index in [1.165, 1.54) is 35.6 Å². The highest BCUT2D eigenvalue weighted by atomic mass is 32.1. The Bertz CT molecular complexity index is 2440. The second-order valence-corrected chi connectivity index (χ2v) is 15.3. The van der Waals surface area contributed by atoms with Crippen molar-refractivity contribution in [2.75, 3.05) is 11.6 Å². The van der Waals surface area contributed by atoms with Crippen LogP contribution < -0.4 is 9.75 Å². The number of benzene rings is 4. The predicted molar refractivity (Wildman–Crippen MR) is 220 cm³/mol. The summed E-state index contributed by atoms with van der Waals surface area (Å²) in [7, 11) is 0. The lowest BCUT2D eigenvalue weighted by atomic mass is 10.0. The minimum absolute atomic E-state index is 0.00162. The fourth-order valence-corrected chi connectivity index (χ4v) is 8.16. The van der Waals surface area contributed by atoms with Gasteiger partial charge in [-0.15, -0.1) is 22.7 Å². The van der Waals surface area contributed by atoms with Crippen molar-refractivity contribution in [1.29, 1.82) is 5.26 Å². The van der Waals surface area contributed by atoms with Gasteiger partial charge in [-0.05, 0) is 109 Å². The molecule has 3 heterocycles. The molecule has 0 aliphatic carbocycles. The monoisotopic (exact) mass is 746 g/mol. The zero-order valence-corrected chi connectivity index (χ0v) is 31.7. The minimum atomic E-state index is -1.25. The smallest absolute Gasteiger partial charge is 0.346 e. The number of ether oxygens (including phenoxy) is 1. The maximum absolute atomic E-state index is 11.2. The molecule has 1 unspecified atom stereocenters. The van der Waals surface area contributed by atoms with Crippen LogP contribution >= 0.6 is 22.7 Å². The van der Waals surface area contributed by atoms with E-state index in [9.17, 15) is 4.79 Å². The van der Waals surface area contributed by atoms with E-state index in [0.29, 0.717) is 5.56 Å². The summed E-state index contributed by atoms with van der Waals surface area (Å²) in [6.45, 7) is 5.05. The Balaban J connectivity index is 1.12. The number of thiophene rings is 1. The molecule has 0 spiro atoms. The summed E-state index contributed by atoms with van der Waals surface area (Å²) in [5.74, 6) is 6.11. The van der Waals surface area contributed by atoms with E-state index in [0.717, 1.165) is 73.6 Å². The molecule has 6 aromatic rings. The van der Waals surface area contributed by atoms with E-state index in [4.69, 9.17) is 25.2 Å². The molecule has 2 aromatic heterocycles. The quantitative estimate of drug-likeness (QED) is 0.0579. The van der Waals surface area contributed by atoms with Crippen LogP contribution in [0.1, 0.15) is 77.1 Å². The van der Waals surface area contributed by atoms with Gasteiger partial charge in [-0.25, -0.2) is 9.78 Å². The number of carbonyl (C=O) groups is 1. The van der Waals surface area contributed by atoms with E-state index in [1.807, 2.05) is 18.2 Å². The van der Waals surface area contributed by atoms with Crippen LogP contribution in [-0.2, 0) is 4.79 Å².